The summed E-state index contributed by atoms with van der Waals surface area (Å²) < 4.78 is 55.8. The van der Waals surface area contributed by atoms with Crippen LogP contribution in [0.25, 0.3) is 17.2 Å². The normalized spacial score (nSPS) is 12.2. The van der Waals surface area contributed by atoms with Gasteiger partial charge in [-0.15, -0.1) is 0 Å². The number of halogens is 4. The Hall–Kier alpha value is -4.68. The SMILES string of the molecule is O=CN(c1cn(-c2ccccc2C(F)(F)F)c(-c2ccccn2)n1)[C@@H](CCc1ncc(F)cn1)CC(=O)O. The third-order valence-corrected chi connectivity index (χ3v) is 5.61. The van der Waals surface area contributed by atoms with Gasteiger partial charge in [-0.1, -0.05) is 18.2 Å². The van der Waals surface area contributed by atoms with E-state index in [2.05, 4.69) is 19.9 Å². The van der Waals surface area contributed by atoms with Crippen molar-refractivity contribution in [2.24, 2.45) is 0 Å². The van der Waals surface area contributed by atoms with Crippen LogP contribution in [0.5, 0.6) is 0 Å². The van der Waals surface area contributed by atoms with Crippen LogP contribution >= 0.6 is 0 Å². The van der Waals surface area contributed by atoms with Gasteiger partial charge in [-0.05, 0) is 30.7 Å². The number of carbonyl (C=O) groups excluding carboxylic acids is 1. The predicted molar refractivity (Wildman–Crippen MR) is 127 cm³/mol. The fourth-order valence-corrected chi connectivity index (χ4v) is 3.91. The average Bonchev–Trinajstić information content (AvgIpc) is 3.33. The van der Waals surface area contributed by atoms with E-state index >= 15 is 0 Å². The van der Waals surface area contributed by atoms with Gasteiger partial charge in [-0.3, -0.25) is 24.0 Å². The van der Waals surface area contributed by atoms with Crippen molar-refractivity contribution in [2.75, 3.05) is 4.90 Å². The number of amides is 1. The first kappa shape index (κ1) is 26.4. The summed E-state index contributed by atoms with van der Waals surface area (Å²) >= 11 is 0. The van der Waals surface area contributed by atoms with Crippen LogP contribution in [0.4, 0.5) is 23.4 Å². The number of anilines is 1. The van der Waals surface area contributed by atoms with E-state index in [0.717, 1.165) is 27.9 Å². The molecule has 3 aromatic heterocycles. The number of para-hydroxylation sites is 1. The number of hydrogen-bond donors (Lipinski definition) is 1. The Balaban J connectivity index is 1.78. The second-order valence-corrected chi connectivity index (χ2v) is 8.14. The summed E-state index contributed by atoms with van der Waals surface area (Å²) in [5.74, 6) is -1.69. The quantitative estimate of drug-likeness (QED) is 0.241. The molecule has 0 radical (unpaired) electrons. The number of benzene rings is 1. The zero-order chi connectivity index (χ0) is 27.3. The molecule has 0 aliphatic carbocycles. The summed E-state index contributed by atoms with van der Waals surface area (Å²) in [4.78, 5) is 41.1. The lowest BCUT2D eigenvalue weighted by Crippen LogP contribution is -2.37. The van der Waals surface area contributed by atoms with Crippen molar-refractivity contribution in [3.05, 3.63) is 84.5 Å². The Bertz CT molecular complexity index is 1410. The molecule has 3 heterocycles. The number of aliphatic carboxylic acids is 1. The van der Waals surface area contributed by atoms with E-state index in [-0.39, 0.29) is 41.7 Å². The molecule has 196 valence electrons. The van der Waals surface area contributed by atoms with E-state index in [1.807, 2.05) is 0 Å². The van der Waals surface area contributed by atoms with E-state index in [9.17, 15) is 32.3 Å². The number of alkyl halides is 3. The first-order valence-corrected chi connectivity index (χ1v) is 11.3. The lowest BCUT2D eigenvalue weighted by atomic mass is 10.1. The summed E-state index contributed by atoms with van der Waals surface area (Å²) in [6.45, 7) is 0. The van der Waals surface area contributed by atoms with Crippen molar-refractivity contribution in [2.45, 2.75) is 31.5 Å². The number of imidazole rings is 1. The third kappa shape index (κ3) is 5.99. The number of aryl methyl sites for hydroxylation is 1. The molecule has 38 heavy (non-hydrogen) atoms. The summed E-state index contributed by atoms with van der Waals surface area (Å²) in [5, 5.41) is 9.47. The molecule has 9 nitrogen and oxygen atoms in total. The number of rotatable bonds is 10. The zero-order valence-electron chi connectivity index (χ0n) is 19.6. The monoisotopic (exact) mass is 528 g/mol. The third-order valence-electron chi connectivity index (χ3n) is 5.61. The average molecular weight is 528 g/mol. The Labute approximate surface area is 213 Å². The molecule has 1 N–H and O–H groups in total. The molecule has 4 aromatic rings. The smallest absolute Gasteiger partial charge is 0.418 e. The number of hydrogen-bond acceptors (Lipinski definition) is 6. The minimum atomic E-state index is -4.69. The summed E-state index contributed by atoms with van der Waals surface area (Å²) in [6.07, 6.45) is -0.0592. The minimum Gasteiger partial charge on any atom is -0.481 e. The highest BCUT2D eigenvalue weighted by molar-refractivity contribution is 5.78. The number of pyridine rings is 1. The van der Waals surface area contributed by atoms with Gasteiger partial charge in [0.2, 0.25) is 6.41 Å². The van der Waals surface area contributed by atoms with Crippen molar-refractivity contribution in [3.8, 4) is 17.2 Å². The van der Waals surface area contributed by atoms with Crippen molar-refractivity contribution >= 4 is 18.2 Å². The fourth-order valence-electron chi connectivity index (χ4n) is 3.91. The summed E-state index contributed by atoms with van der Waals surface area (Å²) in [7, 11) is 0. The Morgan fingerprint density at radius 1 is 1.08 bits per heavy atom. The van der Waals surface area contributed by atoms with E-state index in [1.54, 1.807) is 18.2 Å². The molecule has 1 aromatic carbocycles. The molecule has 0 unspecified atom stereocenters. The highest BCUT2D eigenvalue weighted by Gasteiger charge is 2.35. The first-order valence-electron chi connectivity index (χ1n) is 11.3. The Kier molecular flexibility index (Phi) is 7.74. The molecule has 0 spiro atoms. The molecular formula is C25H20F4N6O3. The number of carbonyl (C=O) groups is 2. The van der Waals surface area contributed by atoms with E-state index in [0.29, 0.717) is 6.41 Å². The first-order chi connectivity index (χ1) is 18.2. The highest BCUT2D eigenvalue weighted by atomic mass is 19.4. The maximum atomic E-state index is 13.8. The lowest BCUT2D eigenvalue weighted by Gasteiger charge is -2.25. The molecule has 4 rings (SSSR count). The summed E-state index contributed by atoms with van der Waals surface area (Å²) in [6, 6.07) is 8.70. The van der Waals surface area contributed by atoms with Gasteiger partial charge in [0.1, 0.15) is 11.5 Å². The number of carboxylic acid groups (broad SMARTS) is 1. The lowest BCUT2D eigenvalue weighted by molar-refractivity contribution is -0.138. The largest absolute Gasteiger partial charge is 0.481 e. The van der Waals surface area contributed by atoms with Crippen LogP contribution < -0.4 is 4.90 Å². The molecule has 1 atom stereocenters. The highest BCUT2D eigenvalue weighted by Crippen LogP contribution is 2.36. The minimum absolute atomic E-state index is 0.0140. The molecule has 0 fully saturated rings. The zero-order valence-corrected chi connectivity index (χ0v) is 19.6. The standard InChI is InChI=1S/C25H20F4N6O3/c26-16-12-31-21(32-13-16)9-8-17(11-23(37)38)35(15-36)22-14-34(24(33-22)19-6-3-4-10-30-19)20-7-2-1-5-18(20)25(27,28)29/h1-7,10,12-15,17H,8-9,11H2,(H,37,38)/t17-/m0/s1. The Morgan fingerprint density at radius 3 is 2.42 bits per heavy atom. The number of nitrogens with zero attached hydrogens (tertiary/aromatic N) is 6. The van der Waals surface area contributed by atoms with Gasteiger partial charge in [0.05, 0.1) is 36.3 Å². The molecular weight excluding hydrogens is 508 g/mol. The van der Waals surface area contributed by atoms with Crippen molar-refractivity contribution in [3.63, 3.8) is 0 Å². The van der Waals surface area contributed by atoms with Crippen LogP contribution in [0.3, 0.4) is 0 Å². The second kappa shape index (κ2) is 11.2. The van der Waals surface area contributed by atoms with E-state index in [4.69, 9.17) is 0 Å². The predicted octanol–water partition coefficient (Wildman–Crippen LogP) is 4.32. The molecule has 0 saturated heterocycles. The van der Waals surface area contributed by atoms with Crippen LogP contribution in [0.1, 0.15) is 24.2 Å². The molecule has 0 saturated carbocycles. The van der Waals surface area contributed by atoms with E-state index < -0.39 is 36.0 Å². The van der Waals surface area contributed by atoms with Gasteiger partial charge >= 0.3 is 12.1 Å². The number of carboxylic acids is 1. The molecule has 0 aliphatic heterocycles. The van der Waals surface area contributed by atoms with Crippen LogP contribution in [0.2, 0.25) is 0 Å². The second-order valence-electron chi connectivity index (χ2n) is 8.14. The van der Waals surface area contributed by atoms with Crippen molar-refractivity contribution < 1.29 is 32.3 Å². The topological polar surface area (TPSA) is 114 Å². The van der Waals surface area contributed by atoms with Crippen molar-refractivity contribution in [1.82, 2.24) is 24.5 Å². The van der Waals surface area contributed by atoms with E-state index in [1.165, 1.54) is 30.6 Å². The van der Waals surface area contributed by atoms with Gasteiger partial charge in [-0.2, -0.15) is 13.2 Å². The molecule has 0 aliphatic rings. The van der Waals surface area contributed by atoms with Gasteiger partial charge < -0.3 is 5.11 Å². The molecule has 0 bridgehead atoms. The van der Waals surface area contributed by atoms with Gasteiger partial charge in [0, 0.05) is 18.7 Å². The fraction of sp³-hybridized carbons (Fsp3) is 0.200. The van der Waals surface area contributed by atoms with Crippen LogP contribution in [-0.2, 0) is 22.2 Å². The van der Waals surface area contributed by atoms with Gasteiger partial charge in [0.25, 0.3) is 0 Å². The maximum Gasteiger partial charge on any atom is 0.418 e. The molecule has 1 amide bonds. The maximum absolute atomic E-state index is 13.8. The van der Waals surface area contributed by atoms with Crippen molar-refractivity contribution in [1.29, 1.82) is 0 Å². The van der Waals surface area contributed by atoms with Crippen LogP contribution in [0.15, 0.2) is 67.3 Å². The number of aromatic nitrogens is 5. The summed E-state index contributed by atoms with van der Waals surface area (Å²) in [5.41, 5.74) is -0.954. The Morgan fingerprint density at radius 2 is 1.79 bits per heavy atom. The van der Waals surface area contributed by atoms with Gasteiger partial charge in [0.15, 0.2) is 17.5 Å². The van der Waals surface area contributed by atoms with Crippen LogP contribution in [-0.4, -0.2) is 48.0 Å². The molecule has 13 heteroatoms. The van der Waals surface area contributed by atoms with Gasteiger partial charge in [-0.25, -0.2) is 19.3 Å². The van der Waals surface area contributed by atoms with Crippen LogP contribution in [0, 0.1) is 5.82 Å².